The van der Waals surface area contributed by atoms with Gasteiger partial charge in [0.05, 0.1) is 7.11 Å². The van der Waals surface area contributed by atoms with Crippen molar-refractivity contribution in [1.82, 2.24) is 15.1 Å². The molecule has 1 aliphatic rings. The molecule has 1 aromatic rings. The number of benzene rings is 1. The lowest BCUT2D eigenvalue weighted by Crippen LogP contribution is -2.56. The van der Waals surface area contributed by atoms with Crippen molar-refractivity contribution >= 4 is 5.96 Å². The van der Waals surface area contributed by atoms with Crippen molar-refractivity contribution in [3.8, 4) is 23.8 Å². The Labute approximate surface area is 169 Å². The van der Waals surface area contributed by atoms with Gasteiger partial charge >= 0.3 is 6.18 Å². The fraction of sp³-hybridized carbons (Fsp3) is 0.550. The van der Waals surface area contributed by atoms with Gasteiger partial charge in [-0.25, -0.2) is 0 Å². The zero-order chi connectivity index (χ0) is 21.4. The number of guanidine groups is 1. The third-order valence-corrected chi connectivity index (χ3v) is 4.84. The molecule has 0 radical (unpaired) electrons. The van der Waals surface area contributed by atoms with E-state index in [2.05, 4.69) is 16.2 Å². The predicted molar refractivity (Wildman–Crippen MR) is 106 cm³/mol. The third kappa shape index (κ3) is 6.19. The van der Waals surface area contributed by atoms with E-state index in [-0.39, 0.29) is 6.61 Å². The van der Waals surface area contributed by atoms with Gasteiger partial charge in [-0.3, -0.25) is 9.89 Å². The zero-order valence-corrected chi connectivity index (χ0v) is 16.9. The van der Waals surface area contributed by atoms with Crippen molar-refractivity contribution in [3.05, 3.63) is 23.8 Å². The van der Waals surface area contributed by atoms with E-state index in [0.717, 1.165) is 5.56 Å². The highest BCUT2D eigenvalue weighted by Gasteiger charge is 2.41. The lowest BCUT2D eigenvalue weighted by Gasteiger charge is -2.39. The van der Waals surface area contributed by atoms with E-state index < -0.39 is 12.2 Å². The molecule has 1 unspecified atom stereocenters. The molecule has 2 rings (SSSR count). The highest BCUT2D eigenvalue weighted by Crippen LogP contribution is 2.28. The minimum atomic E-state index is -4.21. The summed E-state index contributed by atoms with van der Waals surface area (Å²) < 4.78 is 49.5. The van der Waals surface area contributed by atoms with E-state index in [4.69, 9.17) is 15.9 Å². The van der Waals surface area contributed by atoms with Crippen molar-refractivity contribution in [2.75, 3.05) is 46.9 Å². The molecule has 0 bridgehead atoms. The summed E-state index contributed by atoms with van der Waals surface area (Å²) in [5.74, 6) is 4.20. The summed E-state index contributed by atoms with van der Waals surface area (Å²) in [7, 11) is 3.21. The lowest BCUT2D eigenvalue weighted by atomic mass is 10.2. The van der Waals surface area contributed by atoms with Crippen LogP contribution in [0.25, 0.3) is 0 Å². The summed E-state index contributed by atoms with van der Waals surface area (Å²) in [5, 5.41) is 3.25. The number of ether oxygens (including phenoxy) is 2. The van der Waals surface area contributed by atoms with E-state index >= 15 is 0 Å². The molecule has 1 N–H and O–H groups in total. The topological polar surface area (TPSA) is 49.3 Å². The zero-order valence-electron chi connectivity index (χ0n) is 16.9. The van der Waals surface area contributed by atoms with Crippen LogP contribution in [0.2, 0.25) is 0 Å². The largest absolute Gasteiger partial charge is 0.493 e. The average Bonchev–Trinajstić information content (AvgIpc) is 2.72. The molecule has 9 heteroatoms. The number of hydrogen-bond acceptors (Lipinski definition) is 4. The minimum absolute atomic E-state index is 0.134. The van der Waals surface area contributed by atoms with Crippen LogP contribution in [-0.4, -0.2) is 74.9 Å². The van der Waals surface area contributed by atoms with Crippen LogP contribution < -0.4 is 14.8 Å². The normalized spacial score (nSPS) is 16.9. The van der Waals surface area contributed by atoms with Crippen LogP contribution >= 0.6 is 0 Å². The maximum atomic E-state index is 12.9. The molecule has 1 atom stereocenters. The van der Waals surface area contributed by atoms with E-state index in [9.17, 15) is 13.2 Å². The van der Waals surface area contributed by atoms with Gasteiger partial charge in [0.1, 0.15) is 12.6 Å². The van der Waals surface area contributed by atoms with Gasteiger partial charge in [-0.05, 0) is 24.6 Å². The van der Waals surface area contributed by atoms with Crippen LogP contribution in [0.3, 0.4) is 0 Å². The minimum Gasteiger partial charge on any atom is -0.493 e. The molecule has 1 aromatic carbocycles. The van der Waals surface area contributed by atoms with Gasteiger partial charge in [-0.15, -0.1) is 6.42 Å². The second kappa shape index (κ2) is 10.3. The van der Waals surface area contributed by atoms with Gasteiger partial charge in [-0.1, -0.05) is 12.0 Å². The number of nitrogens with one attached hydrogen (secondary N) is 1. The molecule has 0 spiro atoms. The first kappa shape index (κ1) is 22.7. The third-order valence-electron chi connectivity index (χ3n) is 4.84. The molecule has 0 aromatic heterocycles. The van der Waals surface area contributed by atoms with E-state index in [1.165, 1.54) is 11.8 Å². The fourth-order valence-corrected chi connectivity index (χ4v) is 3.10. The van der Waals surface area contributed by atoms with Crippen molar-refractivity contribution in [2.24, 2.45) is 4.99 Å². The molecule has 1 fully saturated rings. The number of halogens is 3. The first-order valence-corrected chi connectivity index (χ1v) is 9.29. The molecule has 0 amide bonds. The maximum Gasteiger partial charge on any atom is 0.403 e. The van der Waals surface area contributed by atoms with E-state index in [1.54, 1.807) is 20.2 Å². The summed E-state index contributed by atoms with van der Waals surface area (Å²) in [6.45, 7) is 3.41. The molecule has 1 saturated heterocycles. The van der Waals surface area contributed by atoms with Crippen molar-refractivity contribution < 1.29 is 22.6 Å². The molecular weight excluding hydrogens is 385 g/mol. The molecule has 1 heterocycles. The summed E-state index contributed by atoms with van der Waals surface area (Å²) in [4.78, 5) is 7.66. The lowest BCUT2D eigenvalue weighted by molar-refractivity contribution is -0.181. The Kier molecular flexibility index (Phi) is 8.02. The molecule has 0 saturated carbocycles. The molecular formula is C20H27F3N4O2. The Morgan fingerprint density at radius 1 is 1.28 bits per heavy atom. The molecule has 160 valence electrons. The van der Waals surface area contributed by atoms with Crippen molar-refractivity contribution in [1.29, 1.82) is 0 Å². The number of hydrogen-bond donors (Lipinski definition) is 1. The Morgan fingerprint density at radius 2 is 1.97 bits per heavy atom. The second-order valence-corrected chi connectivity index (χ2v) is 6.62. The Hall–Kier alpha value is -2.60. The molecule has 1 aliphatic heterocycles. The number of piperazine rings is 1. The fourth-order valence-electron chi connectivity index (χ4n) is 3.10. The Balaban J connectivity index is 1.94. The number of rotatable bonds is 6. The monoisotopic (exact) mass is 412 g/mol. The number of alkyl halides is 3. The molecule has 29 heavy (non-hydrogen) atoms. The van der Waals surface area contributed by atoms with Gasteiger partial charge in [0.15, 0.2) is 17.5 Å². The molecule has 6 nitrogen and oxygen atoms in total. The van der Waals surface area contributed by atoms with Crippen LogP contribution in [0.1, 0.15) is 12.5 Å². The number of nitrogens with zero attached hydrogens (tertiary/aromatic N) is 3. The first-order chi connectivity index (χ1) is 13.8. The van der Waals surface area contributed by atoms with E-state index in [1.807, 2.05) is 17.0 Å². The standard InChI is InChI=1S/C20H27F3N4O2/c1-5-12-29-18-13-16(6-7-17(18)28-4)14-25-19(24-3)27-10-8-26(9-11-27)15(2)20(21,22)23/h1,6-7,13,15H,8-12,14H2,2-4H3,(H,24,25). The highest BCUT2D eigenvalue weighted by atomic mass is 19.4. The van der Waals surface area contributed by atoms with E-state index in [0.29, 0.717) is 50.2 Å². The Bertz CT molecular complexity index is 738. The average molecular weight is 412 g/mol. The number of terminal acetylenes is 1. The van der Waals surface area contributed by atoms with Crippen LogP contribution in [0.15, 0.2) is 23.2 Å². The smallest absolute Gasteiger partial charge is 0.403 e. The summed E-state index contributed by atoms with van der Waals surface area (Å²) in [6, 6.07) is 4.08. The number of methoxy groups -OCH3 is 1. The predicted octanol–water partition coefficient (Wildman–Crippen LogP) is 2.35. The van der Waals surface area contributed by atoms with Gasteiger partial charge in [0.2, 0.25) is 0 Å². The second-order valence-electron chi connectivity index (χ2n) is 6.62. The van der Waals surface area contributed by atoms with Gasteiger partial charge in [-0.2, -0.15) is 13.2 Å². The first-order valence-electron chi connectivity index (χ1n) is 9.29. The Morgan fingerprint density at radius 3 is 2.52 bits per heavy atom. The van der Waals surface area contributed by atoms with Gasteiger partial charge < -0.3 is 19.7 Å². The van der Waals surface area contributed by atoms with Crippen LogP contribution in [0.5, 0.6) is 11.5 Å². The van der Waals surface area contributed by atoms with Crippen LogP contribution in [-0.2, 0) is 6.54 Å². The summed E-state index contributed by atoms with van der Waals surface area (Å²) in [6.07, 6.45) is 1.03. The highest BCUT2D eigenvalue weighted by molar-refractivity contribution is 5.80. The van der Waals surface area contributed by atoms with Crippen molar-refractivity contribution in [2.45, 2.75) is 25.7 Å². The SMILES string of the molecule is C#CCOc1cc(CNC(=NC)N2CCN(C(C)C(F)(F)F)CC2)ccc1OC. The summed E-state index contributed by atoms with van der Waals surface area (Å²) >= 11 is 0. The van der Waals surface area contributed by atoms with Gasteiger partial charge in [0.25, 0.3) is 0 Å². The van der Waals surface area contributed by atoms with Crippen LogP contribution in [0.4, 0.5) is 13.2 Å². The summed E-state index contributed by atoms with van der Waals surface area (Å²) in [5.41, 5.74) is 0.934. The number of aliphatic imine (C=N–C) groups is 1. The maximum absolute atomic E-state index is 12.9. The quantitative estimate of drug-likeness (QED) is 0.442. The van der Waals surface area contributed by atoms with Crippen LogP contribution in [0, 0.1) is 12.3 Å². The van der Waals surface area contributed by atoms with Crippen molar-refractivity contribution in [3.63, 3.8) is 0 Å². The van der Waals surface area contributed by atoms with Gasteiger partial charge in [0, 0.05) is 39.8 Å². The molecule has 0 aliphatic carbocycles.